The molecule has 0 nitrogen and oxygen atoms in total. The molecule has 1 fully saturated rings. The molecule has 1 aromatic carbocycles. The Hall–Kier alpha value is -0.300. The molecular formula is C15H21Br. The highest BCUT2D eigenvalue weighted by atomic mass is 79.9. The summed E-state index contributed by atoms with van der Waals surface area (Å²) < 4.78 is 0. The van der Waals surface area contributed by atoms with E-state index in [4.69, 9.17) is 0 Å². The highest BCUT2D eigenvalue weighted by Crippen LogP contribution is 2.41. The maximum absolute atomic E-state index is 3.86. The fourth-order valence-electron chi connectivity index (χ4n) is 2.92. The van der Waals surface area contributed by atoms with Crippen molar-refractivity contribution >= 4 is 15.9 Å². The van der Waals surface area contributed by atoms with E-state index >= 15 is 0 Å². The summed E-state index contributed by atoms with van der Waals surface area (Å²) in [5.74, 6) is 1.68. The zero-order valence-corrected chi connectivity index (χ0v) is 11.6. The average molecular weight is 281 g/mol. The topological polar surface area (TPSA) is 0 Å². The van der Waals surface area contributed by atoms with E-state index in [2.05, 4.69) is 53.2 Å². The molecule has 16 heavy (non-hydrogen) atoms. The van der Waals surface area contributed by atoms with Gasteiger partial charge >= 0.3 is 0 Å². The second-order valence-corrected chi connectivity index (χ2v) is 6.16. The van der Waals surface area contributed by atoms with Crippen molar-refractivity contribution in [3.63, 3.8) is 0 Å². The van der Waals surface area contributed by atoms with Crippen LogP contribution in [0.3, 0.4) is 0 Å². The summed E-state index contributed by atoms with van der Waals surface area (Å²) in [5, 5.41) is 0. The van der Waals surface area contributed by atoms with Crippen LogP contribution in [-0.2, 0) is 0 Å². The van der Waals surface area contributed by atoms with Gasteiger partial charge < -0.3 is 0 Å². The predicted octanol–water partition coefficient (Wildman–Crippen LogP) is 5.13. The molecule has 1 aliphatic rings. The maximum atomic E-state index is 3.86. The van der Waals surface area contributed by atoms with Gasteiger partial charge in [0.25, 0.3) is 0 Å². The van der Waals surface area contributed by atoms with Crippen LogP contribution in [-0.4, -0.2) is 4.83 Å². The first kappa shape index (κ1) is 12.2. The standard InChI is InChI=1S/C15H21Br/c1-2-6-14-11-13(9-10-15(14)16)12-7-4-3-5-8-12/h3-5,7-8,13-15H,2,6,9-11H2,1H3. The Kier molecular flexibility index (Phi) is 4.45. The highest BCUT2D eigenvalue weighted by Gasteiger charge is 2.28. The van der Waals surface area contributed by atoms with Crippen molar-refractivity contribution in [3.8, 4) is 0 Å². The first-order valence-corrected chi connectivity index (χ1v) is 7.41. The highest BCUT2D eigenvalue weighted by molar-refractivity contribution is 9.09. The molecule has 1 aliphatic carbocycles. The summed E-state index contributed by atoms with van der Waals surface area (Å²) in [6.45, 7) is 2.30. The molecule has 0 amide bonds. The number of benzene rings is 1. The van der Waals surface area contributed by atoms with Gasteiger partial charge in [-0.2, -0.15) is 0 Å². The number of rotatable bonds is 3. The smallest absolute Gasteiger partial charge is 0.0174 e. The average Bonchev–Trinajstić information content (AvgIpc) is 2.33. The van der Waals surface area contributed by atoms with E-state index in [1.54, 1.807) is 5.56 Å². The Morgan fingerprint density at radius 3 is 2.62 bits per heavy atom. The lowest BCUT2D eigenvalue weighted by atomic mass is 9.76. The van der Waals surface area contributed by atoms with Gasteiger partial charge in [0, 0.05) is 4.83 Å². The lowest BCUT2D eigenvalue weighted by molar-refractivity contribution is 0.318. The van der Waals surface area contributed by atoms with Crippen molar-refractivity contribution in [3.05, 3.63) is 35.9 Å². The summed E-state index contributed by atoms with van der Waals surface area (Å²) in [4.78, 5) is 0.757. The summed E-state index contributed by atoms with van der Waals surface area (Å²) >= 11 is 3.86. The summed E-state index contributed by atoms with van der Waals surface area (Å²) in [5.41, 5.74) is 1.54. The molecule has 0 aliphatic heterocycles. The minimum atomic E-state index is 0.757. The van der Waals surface area contributed by atoms with E-state index in [0.29, 0.717) is 0 Å². The quantitative estimate of drug-likeness (QED) is 0.673. The molecule has 1 heteroatoms. The molecular weight excluding hydrogens is 260 g/mol. The fraction of sp³-hybridized carbons (Fsp3) is 0.600. The third kappa shape index (κ3) is 2.88. The van der Waals surface area contributed by atoms with Gasteiger partial charge in [0.1, 0.15) is 0 Å². The SMILES string of the molecule is CCCC1CC(c2ccccc2)CCC1Br. The zero-order valence-electron chi connectivity index (χ0n) is 10.0. The molecule has 0 aromatic heterocycles. The first-order chi connectivity index (χ1) is 7.81. The molecule has 0 heterocycles. The largest absolute Gasteiger partial charge is 0.0888 e. The van der Waals surface area contributed by atoms with Crippen molar-refractivity contribution < 1.29 is 0 Å². The molecule has 3 unspecified atom stereocenters. The first-order valence-electron chi connectivity index (χ1n) is 6.50. The Morgan fingerprint density at radius 2 is 1.94 bits per heavy atom. The van der Waals surface area contributed by atoms with E-state index in [0.717, 1.165) is 16.7 Å². The van der Waals surface area contributed by atoms with Crippen LogP contribution in [0.1, 0.15) is 50.5 Å². The van der Waals surface area contributed by atoms with Gasteiger partial charge in [0.2, 0.25) is 0 Å². The van der Waals surface area contributed by atoms with Crippen LogP contribution in [0, 0.1) is 5.92 Å². The Bertz CT molecular complexity index is 306. The van der Waals surface area contributed by atoms with Crippen LogP contribution < -0.4 is 0 Å². The van der Waals surface area contributed by atoms with E-state index in [-0.39, 0.29) is 0 Å². The van der Waals surface area contributed by atoms with Crippen LogP contribution in [0.2, 0.25) is 0 Å². The molecule has 1 aromatic rings. The number of hydrogen-bond acceptors (Lipinski definition) is 0. The van der Waals surface area contributed by atoms with Crippen LogP contribution in [0.4, 0.5) is 0 Å². The molecule has 0 saturated heterocycles. The van der Waals surface area contributed by atoms with E-state index in [1.165, 1.54) is 32.1 Å². The van der Waals surface area contributed by atoms with E-state index in [9.17, 15) is 0 Å². The lowest BCUT2D eigenvalue weighted by Crippen LogP contribution is -2.24. The number of alkyl halides is 1. The molecule has 0 spiro atoms. The van der Waals surface area contributed by atoms with Gasteiger partial charge in [-0.05, 0) is 43.1 Å². The van der Waals surface area contributed by atoms with Gasteiger partial charge in [0.05, 0.1) is 0 Å². The second kappa shape index (κ2) is 5.86. The second-order valence-electron chi connectivity index (χ2n) is 4.99. The number of hydrogen-bond donors (Lipinski definition) is 0. The molecule has 0 N–H and O–H groups in total. The third-order valence-electron chi connectivity index (χ3n) is 3.82. The van der Waals surface area contributed by atoms with Crippen LogP contribution in [0.25, 0.3) is 0 Å². The zero-order chi connectivity index (χ0) is 11.4. The summed E-state index contributed by atoms with van der Waals surface area (Å²) in [6.07, 6.45) is 6.74. The summed E-state index contributed by atoms with van der Waals surface area (Å²) in [6, 6.07) is 11.0. The third-order valence-corrected chi connectivity index (χ3v) is 5.03. The molecule has 0 radical (unpaired) electrons. The molecule has 3 atom stereocenters. The minimum absolute atomic E-state index is 0.757. The monoisotopic (exact) mass is 280 g/mol. The fourth-order valence-corrected chi connectivity index (χ4v) is 3.67. The number of halogens is 1. The van der Waals surface area contributed by atoms with Crippen LogP contribution in [0.5, 0.6) is 0 Å². The van der Waals surface area contributed by atoms with E-state index < -0.39 is 0 Å². The van der Waals surface area contributed by atoms with Gasteiger partial charge in [-0.25, -0.2) is 0 Å². The molecule has 88 valence electrons. The van der Waals surface area contributed by atoms with Crippen molar-refractivity contribution in [1.29, 1.82) is 0 Å². The van der Waals surface area contributed by atoms with Gasteiger partial charge in [-0.15, -0.1) is 0 Å². The van der Waals surface area contributed by atoms with Gasteiger partial charge in [0.15, 0.2) is 0 Å². The van der Waals surface area contributed by atoms with Gasteiger partial charge in [-0.3, -0.25) is 0 Å². The molecule has 1 saturated carbocycles. The van der Waals surface area contributed by atoms with Crippen molar-refractivity contribution in [2.24, 2.45) is 5.92 Å². The minimum Gasteiger partial charge on any atom is -0.0888 e. The van der Waals surface area contributed by atoms with Crippen molar-refractivity contribution in [2.75, 3.05) is 0 Å². The Morgan fingerprint density at radius 1 is 1.19 bits per heavy atom. The normalized spacial score (nSPS) is 30.2. The van der Waals surface area contributed by atoms with Crippen molar-refractivity contribution in [2.45, 2.75) is 49.8 Å². The van der Waals surface area contributed by atoms with Gasteiger partial charge in [-0.1, -0.05) is 59.6 Å². The molecule has 2 rings (SSSR count). The van der Waals surface area contributed by atoms with E-state index in [1.807, 2.05) is 0 Å². The maximum Gasteiger partial charge on any atom is 0.0174 e. The predicted molar refractivity (Wildman–Crippen MR) is 74.1 cm³/mol. The Balaban J connectivity index is 2.03. The van der Waals surface area contributed by atoms with Crippen LogP contribution >= 0.6 is 15.9 Å². The van der Waals surface area contributed by atoms with Crippen molar-refractivity contribution in [1.82, 2.24) is 0 Å². The molecule has 0 bridgehead atoms. The Labute approximate surface area is 108 Å². The summed E-state index contributed by atoms with van der Waals surface area (Å²) in [7, 11) is 0. The van der Waals surface area contributed by atoms with Crippen LogP contribution in [0.15, 0.2) is 30.3 Å². The lowest BCUT2D eigenvalue weighted by Gasteiger charge is -2.33.